The number of aliphatic carboxylic acids is 1. The number of aromatic nitrogens is 1. The zero-order chi connectivity index (χ0) is 15.0. The Morgan fingerprint density at radius 2 is 2.20 bits per heavy atom. The molecule has 1 N–H and O–H groups in total. The van der Waals surface area contributed by atoms with E-state index in [2.05, 4.69) is 16.8 Å². The van der Waals surface area contributed by atoms with E-state index in [4.69, 9.17) is 9.84 Å². The normalized spacial score (nSPS) is 12.6. The quantitative estimate of drug-likeness (QED) is 0.750. The predicted molar refractivity (Wildman–Crippen MR) is 77.6 cm³/mol. The molecule has 1 heterocycles. The number of hydrogen-bond acceptors (Lipinski definition) is 4. The summed E-state index contributed by atoms with van der Waals surface area (Å²) in [6.45, 7) is 8.53. The smallest absolute Gasteiger partial charge is 0.332 e. The summed E-state index contributed by atoms with van der Waals surface area (Å²) in [5.74, 6) is -0.892. The second-order valence-corrected chi connectivity index (χ2v) is 4.71. The lowest BCUT2D eigenvalue weighted by Crippen LogP contribution is -2.32. The van der Waals surface area contributed by atoms with E-state index in [1.807, 2.05) is 32.0 Å². The van der Waals surface area contributed by atoms with Crippen LogP contribution < -0.4 is 0 Å². The fraction of sp³-hybridized carbons (Fsp3) is 0.600. The lowest BCUT2D eigenvalue weighted by atomic mass is 10.2. The van der Waals surface area contributed by atoms with Gasteiger partial charge in [-0.2, -0.15) is 0 Å². The van der Waals surface area contributed by atoms with Crippen molar-refractivity contribution in [2.45, 2.75) is 39.8 Å². The first-order valence-electron chi connectivity index (χ1n) is 7.06. The highest BCUT2D eigenvalue weighted by Gasteiger charge is 2.18. The Morgan fingerprint density at radius 3 is 2.75 bits per heavy atom. The van der Waals surface area contributed by atoms with E-state index < -0.39 is 12.1 Å². The van der Waals surface area contributed by atoms with Gasteiger partial charge < -0.3 is 9.84 Å². The first-order chi connectivity index (χ1) is 9.56. The molecule has 0 spiro atoms. The molecule has 0 bridgehead atoms. The van der Waals surface area contributed by atoms with Crippen LogP contribution in [0.15, 0.2) is 18.2 Å². The monoisotopic (exact) mass is 280 g/mol. The molecule has 1 unspecified atom stereocenters. The van der Waals surface area contributed by atoms with Gasteiger partial charge in [-0.3, -0.25) is 9.88 Å². The molecule has 0 saturated heterocycles. The molecule has 1 aromatic heterocycles. The van der Waals surface area contributed by atoms with E-state index >= 15 is 0 Å². The standard InChI is InChI=1S/C15H24N2O3/c1-4-17(10-9-14(15(18)19)20-5-2)11-13-8-6-7-12(3)16-13/h6-8,14H,4-5,9-11H2,1-3H3,(H,18,19). The molecule has 0 aliphatic carbocycles. The number of hydrogen-bond donors (Lipinski definition) is 1. The van der Waals surface area contributed by atoms with E-state index in [0.717, 1.165) is 24.5 Å². The highest BCUT2D eigenvalue weighted by molar-refractivity contribution is 5.72. The van der Waals surface area contributed by atoms with Crippen LogP contribution in [0.3, 0.4) is 0 Å². The summed E-state index contributed by atoms with van der Waals surface area (Å²) in [5, 5.41) is 9.06. The Kier molecular flexibility index (Phi) is 7.18. The van der Waals surface area contributed by atoms with Crippen molar-refractivity contribution in [1.29, 1.82) is 0 Å². The van der Waals surface area contributed by atoms with Crippen molar-refractivity contribution in [3.63, 3.8) is 0 Å². The van der Waals surface area contributed by atoms with Crippen molar-refractivity contribution >= 4 is 5.97 Å². The number of carbonyl (C=O) groups is 1. The van der Waals surface area contributed by atoms with Gasteiger partial charge in [-0.05, 0) is 38.9 Å². The predicted octanol–water partition coefficient (Wildman–Crippen LogP) is 2.09. The molecule has 0 amide bonds. The molecule has 20 heavy (non-hydrogen) atoms. The molecule has 0 saturated carbocycles. The number of carboxylic acids is 1. The number of pyridine rings is 1. The van der Waals surface area contributed by atoms with Crippen LogP contribution in [-0.2, 0) is 16.1 Å². The second-order valence-electron chi connectivity index (χ2n) is 4.71. The van der Waals surface area contributed by atoms with E-state index in [0.29, 0.717) is 19.6 Å². The van der Waals surface area contributed by atoms with Crippen LogP contribution in [0.25, 0.3) is 0 Å². The van der Waals surface area contributed by atoms with Crippen LogP contribution in [0.5, 0.6) is 0 Å². The highest BCUT2D eigenvalue weighted by Crippen LogP contribution is 2.07. The molecule has 5 nitrogen and oxygen atoms in total. The van der Waals surface area contributed by atoms with Gasteiger partial charge in [-0.1, -0.05) is 13.0 Å². The fourth-order valence-corrected chi connectivity index (χ4v) is 2.04. The molecule has 0 fully saturated rings. The van der Waals surface area contributed by atoms with Gasteiger partial charge >= 0.3 is 5.97 Å². The van der Waals surface area contributed by atoms with Crippen molar-refractivity contribution in [1.82, 2.24) is 9.88 Å². The summed E-state index contributed by atoms with van der Waals surface area (Å²) in [4.78, 5) is 17.7. The third-order valence-corrected chi connectivity index (χ3v) is 3.13. The molecule has 1 aromatic rings. The number of aryl methyl sites for hydroxylation is 1. The Hall–Kier alpha value is -1.46. The molecule has 1 rings (SSSR count). The van der Waals surface area contributed by atoms with E-state index in [1.54, 1.807) is 0 Å². The Labute approximate surface area is 120 Å². The largest absolute Gasteiger partial charge is 0.479 e. The zero-order valence-corrected chi connectivity index (χ0v) is 12.5. The summed E-state index contributed by atoms with van der Waals surface area (Å²) in [7, 11) is 0. The average Bonchev–Trinajstić information content (AvgIpc) is 2.41. The molecule has 5 heteroatoms. The third kappa shape index (κ3) is 5.67. The van der Waals surface area contributed by atoms with Gasteiger partial charge in [0.25, 0.3) is 0 Å². The van der Waals surface area contributed by atoms with Crippen LogP contribution in [0.2, 0.25) is 0 Å². The maximum absolute atomic E-state index is 11.0. The van der Waals surface area contributed by atoms with Gasteiger partial charge in [0.15, 0.2) is 6.10 Å². The molecule has 1 atom stereocenters. The maximum atomic E-state index is 11.0. The van der Waals surface area contributed by atoms with Gasteiger partial charge in [-0.25, -0.2) is 4.79 Å². The first-order valence-corrected chi connectivity index (χ1v) is 7.06. The lowest BCUT2D eigenvalue weighted by molar-refractivity contribution is -0.150. The van der Waals surface area contributed by atoms with E-state index in [-0.39, 0.29) is 0 Å². The van der Waals surface area contributed by atoms with Gasteiger partial charge in [0.2, 0.25) is 0 Å². The minimum absolute atomic E-state index is 0.419. The number of carboxylic acid groups (broad SMARTS) is 1. The molecular formula is C15H24N2O3. The van der Waals surface area contributed by atoms with E-state index in [1.165, 1.54) is 0 Å². The van der Waals surface area contributed by atoms with Gasteiger partial charge in [0.1, 0.15) is 0 Å². The van der Waals surface area contributed by atoms with Crippen molar-refractivity contribution in [3.05, 3.63) is 29.6 Å². The molecule has 0 radical (unpaired) electrons. The first kappa shape index (κ1) is 16.6. The van der Waals surface area contributed by atoms with Crippen LogP contribution in [0.4, 0.5) is 0 Å². The van der Waals surface area contributed by atoms with Crippen molar-refractivity contribution in [3.8, 4) is 0 Å². The number of nitrogens with zero attached hydrogens (tertiary/aromatic N) is 2. The summed E-state index contributed by atoms with van der Waals surface area (Å²) >= 11 is 0. The van der Waals surface area contributed by atoms with Gasteiger partial charge in [0.05, 0.1) is 5.69 Å². The maximum Gasteiger partial charge on any atom is 0.332 e. The van der Waals surface area contributed by atoms with Crippen molar-refractivity contribution in [2.24, 2.45) is 0 Å². The highest BCUT2D eigenvalue weighted by atomic mass is 16.5. The van der Waals surface area contributed by atoms with Crippen molar-refractivity contribution in [2.75, 3.05) is 19.7 Å². The van der Waals surface area contributed by atoms with Crippen LogP contribution in [0, 0.1) is 6.92 Å². The summed E-state index contributed by atoms with van der Waals surface area (Å²) < 4.78 is 5.23. The van der Waals surface area contributed by atoms with E-state index in [9.17, 15) is 4.79 Å². The molecule has 0 aliphatic heterocycles. The Morgan fingerprint density at radius 1 is 1.45 bits per heavy atom. The number of rotatable bonds is 9. The summed E-state index contributed by atoms with van der Waals surface area (Å²) in [6, 6.07) is 5.95. The van der Waals surface area contributed by atoms with Gasteiger partial charge in [-0.15, -0.1) is 0 Å². The second kappa shape index (κ2) is 8.66. The molecule has 0 aromatic carbocycles. The Bertz CT molecular complexity index is 423. The molecule has 112 valence electrons. The lowest BCUT2D eigenvalue weighted by Gasteiger charge is -2.22. The van der Waals surface area contributed by atoms with Gasteiger partial charge in [0, 0.05) is 25.4 Å². The minimum Gasteiger partial charge on any atom is -0.479 e. The fourth-order valence-electron chi connectivity index (χ4n) is 2.04. The number of ether oxygens (including phenoxy) is 1. The molecule has 0 aliphatic rings. The van der Waals surface area contributed by atoms with Crippen LogP contribution in [-0.4, -0.2) is 46.8 Å². The third-order valence-electron chi connectivity index (χ3n) is 3.13. The zero-order valence-electron chi connectivity index (χ0n) is 12.5. The Balaban J connectivity index is 2.52. The SMILES string of the molecule is CCOC(CCN(CC)Cc1cccc(C)n1)C(=O)O. The average molecular weight is 280 g/mol. The van der Waals surface area contributed by atoms with Crippen LogP contribution in [0.1, 0.15) is 31.7 Å². The molecular weight excluding hydrogens is 256 g/mol. The van der Waals surface area contributed by atoms with Crippen LogP contribution >= 0.6 is 0 Å². The minimum atomic E-state index is -0.892. The van der Waals surface area contributed by atoms with Crippen molar-refractivity contribution < 1.29 is 14.6 Å². The summed E-state index contributed by atoms with van der Waals surface area (Å²) in [5.41, 5.74) is 2.01. The topological polar surface area (TPSA) is 62.7 Å². The summed E-state index contributed by atoms with van der Waals surface area (Å²) in [6.07, 6.45) is -0.234.